The van der Waals surface area contributed by atoms with Crippen LogP contribution in [0, 0.1) is 0 Å². The zero-order valence-electron chi connectivity index (χ0n) is 23.4. The number of pyridine rings is 1. The minimum absolute atomic E-state index is 0.133. The van der Waals surface area contributed by atoms with Crippen LogP contribution in [0.2, 0.25) is 0 Å². The fourth-order valence-corrected chi connectivity index (χ4v) is 4.26. The number of nitrogens with zero attached hydrogens (tertiary/aromatic N) is 4. The molecular weight excluding hydrogens is 691 g/mol. The number of benzene rings is 1. The average Bonchev–Trinajstić information content (AvgIpc) is 3.43. The molecule has 0 fully saturated rings. The number of aryl methyl sites for hydroxylation is 2. The quantitative estimate of drug-likeness (QED) is 0.124. The van der Waals surface area contributed by atoms with Crippen LogP contribution in [0.15, 0.2) is 36.5 Å². The fraction of sp³-hybridized carbons (Fsp3) is 0.577. The highest BCUT2D eigenvalue weighted by molar-refractivity contribution is 5.82. The van der Waals surface area contributed by atoms with Gasteiger partial charge in [0.15, 0.2) is 0 Å². The molecule has 1 aromatic carbocycles. The van der Waals surface area contributed by atoms with Crippen molar-refractivity contribution in [2.24, 2.45) is 0 Å². The molecule has 0 amide bonds. The van der Waals surface area contributed by atoms with E-state index in [1.807, 2.05) is 6.92 Å². The van der Waals surface area contributed by atoms with Crippen molar-refractivity contribution in [3.05, 3.63) is 42.1 Å². The Morgan fingerprint density at radius 2 is 1.19 bits per heavy atom. The van der Waals surface area contributed by atoms with Gasteiger partial charge in [0.05, 0.1) is 17.4 Å². The number of aromatic nitrogens is 4. The lowest BCUT2D eigenvalue weighted by Gasteiger charge is -2.42. The summed E-state index contributed by atoms with van der Waals surface area (Å²) in [6.45, 7) is 0.323. The molecule has 0 radical (unpaired) electrons. The van der Waals surface area contributed by atoms with Crippen molar-refractivity contribution >= 4 is 10.9 Å². The largest absolute Gasteiger partial charge is 0.460 e. The van der Waals surface area contributed by atoms with Gasteiger partial charge in [-0.3, -0.25) is 4.68 Å². The van der Waals surface area contributed by atoms with E-state index < -0.39 is 60.6 Å². The predicted molar refractivity (Wildman–Crippen MR) is 129 cm³/mol. The Morgan fingerprint density at radius 1 is 0.660 bits per heavy atom. The van der Waals surface area contributed by atoms with E-state index in [0.717, 1.165) is 19.0 Å². The second-order valence-corrected chi connectivity index (χ2v) is 10.4. The molecule has 0 aliphatic heterocycles. The molecule has 47 heavy (non-hydrogen) atoms. The second kappa shape index (κ2) is 12.2. The lowest BCUT2D eigenvalue weighted by Crippen LogP contribution is -2.74. The van der Waals surface area contributed by atoms with Crippen LogP contribution in [0.1, 0.15) is 38.2 Å². The van der Waals surface area contributed by atoms with Crippen LogP contribution in [-0.4, -0.2) is 67.6 Å². The third-order valence-electron chi connectivity index (χ3n) is 7.08. The van der Waals surface area contributed by atoms with Gasteiger partial charge in [0.25, 0.3) is 0 Å². The molecule has 0 unspecified atom stereocenters. The maximum atomic E-state index is 14.4. The molecule has 0 saturated heterocycles. The van der Waals surface area contributed by atoms with Crippen LogP contribution in [0.5, 0.6) is 0 Å². The van der Waals surface area contributed by atoms with Crippen LogP contribution in [0.3, 0.4) is 0 Å². The Labute approximate surface area is 252 Å². The summed E-state index contributed by atoms with van der Waals surface area (Å²) in [4.78, 5) is 4.40. The molecule has 264 valence electrons. The maximum Gasteiger partial charge on any atom is 0.460 e. The monoisotopic (exact) mass is 712 g/mol. The Bertz CT molecular complexity index is 1550. The molecule has 0 N–H and O–H groups in total. The second-order valence-electron chi connectivity index (χ2n) is 10.4. The van der Waals surface area contributed by atoms with Crippen molar-refractivity contribution in [1.82, 2.24) is 20.0 Å². The smallest absolute Gasteiger partial charge is 0.252 e. The summed E-state index contributed by atoms with van der Waals surface area (Å²) in [7, 11) is 0. The number of para-hydroxylation sites is 1. The van der Waals surface area contributed by atoms with E-state index in [9.17, 15) is 74.6 Å². The van der Waals surface area contributed by atoms with Crippen molar-refractivity contribution < 1.29 is 74.6 Å². The Balaban J connectivity index is 1.91. The van der Waals surface area contributed by atoms with E-state index in [4.69, 9.17) is 0 Å². The topological polar surface area (TPSA) is 43.6 Å². The molecule has 0 aliphatic carbocycles. The van der Waals surface area contributed by atoms with Gasteiger partial charge in [0.2, 0.25) is 0 Å². The summed E-state index contributed by atoms with van der Waals surface area (Å²) >= 11 is 0. The van der Waals surface area contributed by atoms with E-state index in [0.29, 0.717) is 34.0 Å². The Kier molecular flexibility index (Phi) is 9.90. The highest BCUT2D eigenvalue weighted by atomic mass is 19.4. The zero-order chi connectivity index (χ0) is 36.1. The molecule has 0 spiro atoms. The summed E-state index contributed by atoms with van der Waals surface area (Å²) < 4.78 is 230. The first-order valence-corrected chi connectivity index (χ1v) is 13.2. The summed E-state index contributed by atoms with van der Waals surface area (Å²) in [5, 5.41) is 7.65. The van der Waals surface area contributed by atoms with E-state index in [1.54, 1.807) is 30.3 Å². The maximum absolute atomic E-state index is 14.4. The van der Waals surface area contributed by atoms with Gasteiger partial charge in [0, 0.05) is 18.4 Å². The number of rotatable bonds is 14. The van der Waals surface area contributed by atoms with Gasteiger partial charge in [-0.1, -0.05) is 43.2 Å². The summed E-state index contributed by atoms with van der Waals surface area (Å²) in [5.74, 6) is -56.6. The Hall–Kier alpha value is -3.42. The van der Waals surface area contributed by atoms with Gasteiger partial charge in [0.1, 0.15) is 5.69 Å². The molecule has 3 rings (SSSR count). The highest BCUT2D eigenvalue weighted by Gasteiger charge is 2.95. The van der Waals surface area contributed by atoms with Crippen LogP contribution in [0.4, 0.5) is 74.6 Å². The molecule has 2 aromatic heterocycles. The van der Waals surface area contributed by atoms with Crippen LogP contribution < -0.4 is 0 Å². The molecule has 2 heterocycles. The fourth-order valence-electron chi connectivity index (χ4n) is 4.26. The standard InChI is InChI=1S/C26H21F17N4/c1-2-3-4-8-15-12-14-7-5-6-9-16(14)44-18(15)17-13-47(46-45-17)11-10-19(27,28)20(29,30)21(31,32)22(33,34)23(35,36)24(37,38)25(39,40)26(41,42)43/h5-7,9,12-13H,2-4,8,10-11H2,1H3. The lowest BCUT2D eigenvalue weighted by atomic mass is 9.88. The first kappa shape index (κ1) is 38.0. The zero-order valence-corrected chi connectivity index (χ0v) is 23.4. The number of hydrogen-bond acceptors (Lipinski definition) is 3. The van der Waals surface area contributed by atoms with E-state index >= 15 is 0 Å². The predicted octanol–water partition coefficient (Wildman–Crippen LogP) is 9.63. The van der Waals surface area contributed by atoms with Crippen LogP contribution >= 0.6 is 0 Å². The van der Waals surface area contributed by atoms with E-state index in [2.05, 4.69) is 15.3 Å². The van der Waals surface area contributed by atoms with Gasteiger partial charge in [-0.05, 0) is 30.5 Å². The third kappa shape index (κ3) is 6.17. The molecule has 0 bridgehead atoms. The minimum Gasteiger partial charge on any atom is -0.252 e. The normalized spacial score (nSPS) is 14.7. The number of halogens is 17. The van der Waals surface area contributed by atoms with Gasteiger partial charge in [-0.25, -0.2) is 4.98 Å². The number of hydrogen-bond donors (Lipinski definition) is 0. The molecule has 0 saturated carbocycles. The molecular formula is C26H21F17N4. The van der Waals surface area contributed by atoms with Crippen LogP contribution in [0.25, 0.3) is 22.3 Å². The number of alkyl halides is 17. The lowest BCUT2D eigenvalue weighted by molar-refractivity contribution is -0.461. The van der Waals surface area contributed by atoms with Crippen molar-refractivity contribution in [2.75, 3.05) is 0 Å². The molecule has 0 aliphatic rings. The van der Waals surface area contributed by atoms with Crippen molar-refractivity contribution in [2.45, 2.75) is 93.2 Å². The summed E-state index contributed by atoms with van der Waals surface area (Å²) in [6, 6.07) is 8.34. The summed E-state index contributed by atoms with van der Waals surface area (Å²) in [5.41, 5.74) is 0.951. The van der Waals surface area contributed by atoms with Crippen molar-refractivity contribution in [1.29, 1.82) is 0 Å². The third-order valence-corrected chi connectivity index (χ3v) is 7.08. The van der Waals surface area contributed by atoms with Crippen LogP contribution in [-0.2, 0) is 13.0 Å². The molecule has 0 atom stereocenters. The minimum atomic E-state index is -8.66. The van der Waals surface area contributed by atoms with Gasteiger partial charge >= 0.3 is 47.6 Å². The first-order valence-electron chi connectivity index (χ1n) is 13.2. The molecule has 21 heteroatoms. The van der Waals surface area contributed by atoms with Gasteiger partial charge < -0.3 is 0 Å². The van der Waals surface area contributed by atoms with Crippen molar-refractivity contribution in [3.8, 4) is 11.4 Å². The first-order chi connectivity index (χ1) is 21.2. The Morgan fingerprint density at radius 3 is 1.74 bits per heavy atom. The average molecular weight is 712 g/mol. The van der Waals surface area contributed by atoms with Gasteiger partial charge in [-0.2, -0.15) is 74.6 Å². The van der Waals surface area contributed by atoms with Crippen molar-refractivity contribution in [3.63, 3.8) is 0 Å². The van der Waals surface area contributed by atoms with E-state index in [-0.39, 0.29) is 11.4 Å². The highest BCUT2D eigenvalue weighted by Crippen LogP contribution is 2.64. The summed E-state index contributed by atoms with van der Waals surface area (Å²) in [6.07, 6.45) is -6.99. The SMILES string of the molecule is CCCCCc1cc2ccccc2nc1-c1cn(CCC(F)(F)C(F)(F)C(F)(F)C(F)(F)C(F)(F)C(F)(F)C(F)(F)C(F)(F)F)nn1. The number of unbranched alkanes of at least 4 members (excludes halogenated alkanes) is 2. The van der Waals surface area contributed by atoms with Gasteiger partial charge in [-0.15, -0.1) is 5.10 Å². The molecule has 4 nitrogen and oxygen atoms in total. The number of fused-ring (bicyclic) bond motifs is 1. The van der Waals surface area contributed by atoms with E-state index in [1.165, 1.54) is 0 Å². The molecule has 3 aromatic rings.